The van der Waals surface area contributed by atoms with Gasteiger partial charge < -0.3 is 15.8 Å². The number of nitrogens with zero attached hydrogens (tertiary/aromatic N) is 1. The molecule has 0 aromatic carbocycles. The zero-order chi connectivity index (χ0) is 14.1. The van der Waals surface area contributed by atoms with Gasteiger partial charge in [-0.05, 0) is 19.4 Å². The number of amides is 1. The number of hydrogen-bond acceptors (Lipinski definition) is 4. The maximum atomic E-state index is 11.9. The maximum absolute atomic E-state index is 11.9. The normalized spacial score (nSPS) is 18.5. The van der Waals surface area contributed by atoms with Gasteiger partial charge >= 0.3 is 0 Å². The van der Waals surface area contributed by atoms with Crippen LogP contribution in [0.4, 0.5) is 0 Å². The van der Waals surface area contributed by atoms with Gasteiger partial charge in [-0.3, -0.25) is 9.69 Å². The van der Waals surface area contributed by atoms with Crippen LogP contribution in [0.15, 0.2) is 0 Å². The van der Waals surface area contributed by atoms with Crippen molar-refractivity contribution >= 4 is 5.91 Å². The molecule has 0 atom stereocenters. The van der Waals surface area contributed by atoms with Crippen molar-refractivity contribution in [3.63, 3.8) is 0 Å². The van der Waals surface area contributed by atoms with Crippen molar-refractivity contribution in [2.24, 2.45) is 5.73 Å². The molecule has 0 bridgehead atoms. The minimum atomic E-state index is 0.0333. The summed E-state index contributed by atoms with van der Waals surface area (Å²) < 4.78 is 4.93. The summed E-state index contributed by atoms with van der Waals surface area (Å²) in [6.07, 6.45) is 5.96. The lowest BCUT2D eigenvalue weighted by atomic mass is 9.80. The molecular formula is C14H29N3O2. The molecule has 112 valence electrons. The summed E-state index contributed by atoms with van der Waals surface area (Å²) in [5.41, 5.74) is 6.05. The Balaban J connectivity index is 2.52. The molecule has 0 saturated heterocycles. The van der Waals surface area contributed by atoms with E-state index in [2.05, 4.69) is 17.1 Å². The third-order valence-corrected chi connectivity index (χ3v) is 4.18. The predicted molar refractivity (Wildman–Crippen MR) is 77.0 cm³/mol. The lowest BCUT2D eigenvalue weighted by Crippen LogP contribution is -2.57. The van der Waals surface area contributed by atoms with Crippen LogP contribution in [0.3, 0.4) is 0 Å². The van der Waals surface area contributed by atoms with E-state index in [1.165, 1.54) is 19.3 Å². The fraction of sp³-hybridized carbons (Fsp3) is 0.929. The highest BCUT2D eigenvalue weighted by molar-refractivity contribution is 5.78. The largest absolute Gasteiger partial charge is 0.383 e. The molecule has 3 N–H and O–H groups in total. The molecule has 5 nitrogen and oxygen atoms in total. The summed E-state index contributed by atoms with van der Waals surface area (Å²) in [5, 5.41) is 2.88. The van der Waals surface area contributed by atoms with Crippen LogP contribution in [0.2, 0.25) is 0 Å². The highest BCUT2D eigenvalue weighted by Crippen LogP contribution is 2.32. The van der Waals surface area contributed by atoms with Gasteiger partial charge in [0, 0.05) is 25.7 Å². The molecular weight excluding hydrogens is 242 g/mol. The molecule has 1 aliphatic rings. The van der Waals surface area contributed by atoms with Crippen molar-refractivity contribution in [2.45, 2.75) is 44.6 Å². The van der Waals surface area contributed by atoms with Gasteiger partial charge in [-0.25, -0.2) is 0 Å². The van der Waals surface area contributed by atoms with Gasteiger partial charge in [0.05, 0.1) is 13.2 Å². The Kier molecular flexibility index (Phi) is 7.34. The van der Waals surface area contributed by atoms with Gasteiger partial charge in [-0.1, -0.05) is 26.2 Å². The molecule has 5 heteroatoms. The molecule has 1 saturated carbocycles. The second-order valence-electron chi connectivity index (χ2n) is 5.35. The molecule has 0 radical (unpaired) electrons. The molecule has 1 amide bonds. The maximum Gasteiger partial charge on any atom is 0.234 e. The van der Waals surface area contributed by atoms with Gasteiger partial charge in [0.1, 0.15) is 0 Å². The fourth-order valence-electron chi connectivity index (χ4n) is 3.00. The second kappa shape index (κ2) is 8.51. The van der Waals surface area contributed by atoms with Crippen molar-refractivity contribution in [3.8, 4) is 0 Å². The van der Waals surface area contributed by atoms with Crippen LogP contribution in [0, 0.1) is 0 Å². The topological polar surface area (TPSA) is 67.6 Å². The zero-order valence-corrected chi connectivity index (χ0v) is 12.4. The third-order valence-electron chi connectivity index (χ3n) is 4.18. The Labute approximate surface area is 116 Å². The first kappa shape index (κ1) is 16.4. The molecule has 0 aliphatic heterocycles. The molecule has 1 fully saturated rings. The van der Waals surface area contributed by atoms with Crippen LogP contribution in [0.5, 0.6) is 0 Å². The summed E-state index contributed by atoms with van der Waals surface area (Å²) in [7, 11) is 1.63. The fourth-order valence-corrected chi connectivity index (χ4v) is 3.00. The van der Waals surface area contributed by atoms with Crippen LogP contribution in [0.1, 0.15) is 39.0 Å². The van der Waals surface area contributed by atoms with E-state index in [4.69, 9.17) is 10.5 Å². The third kappa shape index (κ3) is 4.75. The minimum Gasteiger partial charge on any atom is -0.383 e. The Morgan fingerprint density at radius 3 is 2.58 bits per heavy atom. The standard InChI is InChI=1S/C14H29N3O2/c1-3-17(11-13(18)16-9-10-19-2)14(12-15)7-5-4-6-8-14/h3-12,15H2,1-2H3,(H,16,18). The van der Waals surface area contributed by atoms with Crippen LogP contribution in [-0.4, -0.2) is 56.2 Å². The second-order valence-corrected chi connectivity index (χ2v) is 5.35. The summed E-state index contributed by atoms with van der Waals surface area (Å²) in [6, 6.07) is 0. The number of ether oxygens (including phenoxy) is 1. The van der Waals surface area contributed by atoms with Crippen molar-refractivity contribution < 1.29 is 9.53 Å². The van der Waals surface area contributed by atoms with Gasteiger partial charge in [0.15, 0.2) is 0 Å². The zero-order valence-electron chi connectivity index (χ0n) is 12.4. The first-order valence-electron chi connectivity index (χ1n) is 7.39. The molecule has 0 aromatic heterocycles. The number of nitrogens with one attached hydrogen (secondary N) is 1. The molecule has 0 heterocycles. The molecule has 0 aromatic rings. The average molecular weight is 271 g/mol. The van der Waals surface area contributed by atoms with Crippen molar-refractivity contribution in [1.29, 1.82) is 0 Å². The van der Waals surface area contributed by atoms with E-state index < -0.39 is 0 Å². The predicted octanol–water partition coefficient (Wildman–Crippen LogP) is 0.733. The molecule has 0 unspecified atom stereocenters. The molecule has 19 heavy (non-hydrogen) atoms. The number of carbonyl (C=O) groups excluding carboxylic acids is 1. The molecule has 1 aliphatic carbocycles. The lowest BCUT2D eigenvalue weighted by molar-refractivity contribution is -0.124. The van der Waals surface area contributed by atoms with Crippen LogP contribution in [0.25, 0.3) is 0 Å². The molecule has 0 spiro atoms. The average Bonchev–Trinajstić information content (AvgIpc) is 2.45. The Morgan fingerprint density at radius 2 is 2.05 bits per heavy atom. The van der Waals surface area contributed by atoms with E-state index >= 15 is 0 Å². The van der Waals surface area contributed by atoms with E-state index in [1.807, 2.05) is 0 Å². The minimum absolute atomic E-state index is 0.0333. The summed E-state index contributed by atoms with van der Waals surface area (Å²) >= 11 is 0. The van der Waals surface area contributed by atoms with Gasteiger partial charge in [0.2, 0.25) is 5.91 Å². The Hall–Kier alpha value is -0.650. The van der Waals surface area contributed by atoms with E-state index in [1.54, 1.807) is 7.11 Å². The van der Waals surface area contributed by atoms with E-state index in [0.717, 1.165) is 19.4 Å². The number of carbonyl (C=O) groups is 1. The highest BCUT2D eigenvalue weighted by atomic mass is 16.5. The summed E-state index contributed by atoms with van der Waals surface area (Å²) in [4.78, 5) is 14.2. The molecule has 1 rings (SSSR count). The van der Waals surface area contributed by atoms with Crippen molar-refractivity contribution in [1.82, 2.24) is 10.2 Å². The van der Waals surface area contributed by atoms with Gasteiger partial charge in [0.25, 0.3) is 0 Å². The van der Waals surface area contributed by atoms with E-state index in [9.17, 15) is 4.79 Å². The number of likely N-dealkylation sites (N-methyl/N-ethyl adjacent to an activating group) is 1. The SMILES string of the molecule is CCN(CC(=O)NCCOC)C1(CN)CCCCC1. The van der Waals surface area contributed by atoms with Crippen LogP contribution in [-0.2, 0) is 9.53 Å². The number of rotatable bonds is 8. The Bertz CT molecular complexity index is 265. The monoisotopic (exact) mass is 271 g/mol. The summed E-state index contributed by atoms with van der Waals surface area (Å²) in [6.45, 7) is 5.19. The van der Waals surface area contributed by atoms with E-state index in [-0.39, 0.29) is 11.4 Å². The summed E-state index contributed by atoms with van der Waals surface area (Å²) in [5.74, 6) is 0.0669. The van der Waals surface area contributed by atoms with E-state index in [0.29, 0.717) is 26.2 Å². The van der Waals surface area contributed by atoms with Gasteiger partial charge in [-0.15, -0.1) is 0 Å². The first-order chi connectivity index (χ1) is 9.18. The highest BCUT2D eigenvalue weighted by Gasteiger charge is 2.36. The van der Waals surface area contributed by atoms with Crippen LogP contribution >= 0.6 is 0 Å². The lowest BCUT2D eigenvalue weighted by Gasteiger charge is -2.45. The number of hydrogen-bond donors (Lipinski definition) is 2. The van der Waals surface area contributed by atoms with Gasteiger partial charge in [-0.2, -0.15) is 0 Å². The Morgan fingerprint density at radius 1 is 1.37 bits per heavy atom. The van der Waals surface area contributed by atoms with Crippen LogP contribution < -0.4 is 11.1 Å². The van der Waals surface area contributed by atoms with Crippen molar-refractivity contribution in [2.75, 3.05) is 39.9 Å². The quantitative estimate of drug-likeness (QED) is 0.639. The number of methoxy groups -OCH3 is 1. The van der Waals surface area contributed by atoms with Crippen molar-refractivity contribution in [3.05, 3.63) is 0 Å². The first-order valence-corrected chi connectivity index (χ1v) is 7.39. The smallest absolute Gasteiger partial charge is 0.234 e. The number of nitrogens with two attached hydrogens (primary N) is 1.